The fourth-order valence-electron chi connectivity index (χ4n) is 2.73. The molecule has 0 aliphatic rings. The maximum absolute atomic E-state index is 12.8. The minimum Gasteiger partial charge on any atom is -0.497 e. The Labute approximate surface area is 163 Å². The summed E-state index contributed by atoms with van der Waals surface area (Å²) in [7, 11) is 3.38. The van der Waals surface area contributed by atoms with Crippen LogP contribution in [0.25, 0.3) is 0 Å². The molecular formula is C20H21ClN4O2. The average molecular weight is 385 g/mol. The lowest BCUT2D eigenvalue weighted by Gasteiger charge is -2.24. The smallest absolute Gasteiger partial charge is 0.276 e. The van der Waals surface area contributed by atoms with Crippen molar-refractivity contribution >= 4 is 17.5 Å². The third-order valence-electron chi connectivity index (χ3n) is 4.49. The van der Waals surface area contributed by atoms with Crippen molar-refractivity contribution in [1.29, 1.82) is 0 Å². The molecule has 1 aromatic heterocycles. The molecule has 3 aromatic rings. The molecule has 2 aromatic carbocycles. The number of methoxy groups -OCH3 is 1. The Bertz CT molecular complexity index is 924. The van der Waals surface area contributed by atoms with E-state index in [1.165, 1.54) is 0 Å². The van der Waals surface area contributed by atoms with Gasteiger partial charge in [0.2, 0.25) is 0 Å². The zero-order valence-corrected chi connectivity index (χ0v) is 16.2. The molecule has 0 aliphatic heterocycles. The van der Waals surface area contributed by atoms with Gasteiger partial charge in [0.05, 0.1) is 25.9 Å². The normalized spacial score (nSPS) is 11.9. The SMILES string of the molecule is COc1cccc([C@H](C)N(C)C(=O)c2cn(Cc3ccc(Cl)cc3)nn2)c1. The van der Waals surface area contributed by atoms with Crippen LogP contribution in [-0.4, -0.2) is 40.0 Å². The zero-order valence-electron chi connectivity index (χ0n) is 15.5. The first-order chi connectivity index (χ1) is 13.0. The van der Waals surface area contributed by atoms with Crippen molar-refractivity contribution in [1.82, 2.24) is 19.9 Å². The van der Waals surface area contributed by atoms with Gasteiger partial charge in [-0.25, -0.2) is 4.68 Å². The van der Waals surface area contributed by atoms with Gasteiger partial charge in [0, 0.05) is 12.1 Å². The maximum Gasteiger partial charge on any atom is 0.276 e. The summed E-state index contributed by atoms with van der Waals surface area (Å²) in [5.41, 5.74) is 2.32. The van der Waals surface area contributed by atoms with Crippen LogP contribution >= 0.6 is 11.6 Å². The van der Waals surface area contributed by atoms with E-state index in [-0.39, 0.29) is 11.9 Å². The Kier molecular flexibility index (Phi) is 5.76. The van der Waals surface area contributed by atoms with Crippen LogP contribution in [0.4, 0.5) is 0 Å². The molecule has 140 valence electrons. The van der Waals surface area contributed by atoms with Crippen LogP contribution in [0.3, 0.4) is 0 Å². The molecule has 0 fully saturated rings. The molecule has 0 unspecified atom stereocenters. The lowest BCUT2D eigenvalue weighted by molar-refractivity contribution is 0.0736. The Balaban J connectivity index is 1.71. The molecule has 1 amide bonds. The summed E-state index contributed by atoms with van der Waals surface area (Å²) in [6.45, 7) is 2.48. The third kappa shape index (κ3) is 4.46. The zero-order chi connectivity index (χ0) is 19.4. The van der Waals surface area contributed by atoms with Crippen molar-refractivity contribution in [3.8, 4) is 5.75 Å². The van der Waals surface area contributed by atoms with Gasteiger partial charge in [-0.2, -0.15) is 0 Å². The molecular weight excluding hydrogens is 364 g/mol. The number of nitrogens with zero attached hydrogens (tertiary/aromatic N) is 4. The van der Waals surface area contributed by atoms with E-state index in [9.17, 15) is 4.79 Å². The van der Waals surface area contributed by atoms with Crippen LogP contribution in [0.2, 0.25) is 5.02 Å². The standard InChI is InChI=1S/C20H21ClN4O2/c1-14(16-5-4-6-18(11-16)27-3)24(2)20(26)19-13-25(23-22-19)12-15-7-9-17(21)10-8-15/h4-11,13-14H,12H2,1-3H3/t14-/m0/s1. The number of carbonyl (C=O) groups excluding carboxylic acids is 1. The van der Waals surface area contributed by atoms with Crippen LogP contribution in [0.15, 0.2) is 54.7 Å². The number of halogens is 1. The number of rotatable bonds is 6. The van der Waals surface area contributed by atoms with Crippen LogP contribution < -0.4 is 4.74 Å². The van der Waals surface area contributed by atoms with Crippen molar-refractivity contribution in [3.63, 3.8) is 0 Å². The van der Waals surface area contributed by atoms with Gasteiger partial charge in [0.15, 0.2) is 5.69 Å². The van der Waals surface area contributed by atoms with E-state index >= 15 is 0 Å². The average Bonchev–Trinajstić information content (AvgIpc) is 3.16. The van der Waals surface area contributed by atoms with Crippen LogP contribution in [0, 0.1) is 0 Å². The summed E-state index contributed by atoms with van der Waals surface area (Å²) in [5, 5.41) is 8.78. The first kappa shape index (κ1) is 18.9. The molecule has 3 rings (SSSR count). The number of aromatic nitrogens is 3. The summed E-state index contributed by atoms with van der Waals surface area (Å²) in [4.78, 5) is 14.4. The Morgan fingerprint density at radius 3 is 2.70 bits per heavy atom. The lowest BCUT2D eigenvalue weighted by atomic mass is 10.1. The van der Waals surface area contributed by atoms with E-state index in [0.717, 1.165) is 16.9 Å². The molecule has 0 N–H and O–H groups in total. The summed E-state index contributed by atoms with van der Waals surface area (Å²) in [5.74, 6) is 0.571. The molecule has 0 saturated carbocycles. The summed E-state index contributed by atoms with van der Waals surface area (Å²) < 4.78 is 6.90. The first-order valence-electron chi connectivity index (χ1n) is 8.53. The highest BCUT2D eigenvalue weighted by molar-refractivity contribution is 6.30. The molecule has 1 atom stereocenters. The number of ether oxygens (including phenoxy) is 1. The largest absolute Gasteiger partial charge is 0.497 e. The first-order valence-corrected chi connectivity index (χ1v) is 8.91. The van der Waals surface area contributed by atoms with Crippen molar-refractivity contribution in [3.05, 3.63) is 76.6 Å². The van der Waals surface area contributed by atoms with E-state index < -0.39 is 0 Å². The Hall–Kier alpha value is -2.86. The number of hydrogen-bond donors (Lipinski definition) is 0. The van der Waals surface area contributed by atoms with Gasteiger partial charge in [-0.15, -0.1) is 5.10 Å². The molecule has 0 radical (unpaired) electrons. The highest BCUT2D eigenvalue weighted by Crippen LogP contribution is 2.24. The third-order valence-corrected chi connectivity index (χ3v) is 4.75. The van der Waals surface area contributed by atoms with E-state index in [4.69, 9.17) is 16.3 Å². The van der Waals surface area contributed by atoms with Crippen molar-refractivity contribution in [2.24, 2.45) is 0 Å². The minimum absolute atomic E-state index is 0.131. The quantitative estimate of drug-likeness (QED) is 0.648. The van der Waals surface area contributed by atoms with Gasteiger partial charge in [-0.1, -0.05) is 41.1 Å². The van der Waals surface area contributed by atoms with E-state index in [1.807, 2.05) is 55.5 Å². The molecule has 6 nitrogen and oxygen atoms in total. The summed E-state index contributed by atoms with van der Waals surface area (Å²) in [6, 6.07) is 15.0. The summed E-state index contributed by atoms with van der Waals surface area (Å²) in [6.07, 6.45) is 1.66. The van der Waals surface area contributed by atoms with Gasteiger partial charge in [0.1, 0.15) is 5.75 Å². The van der Waals surface area contributed by atoms with Gasteiger partial charge in [0.25, 0.3) is 5.91 Å². The number of hydrogen-bond acceptors (Lipinski definition) is 4. The second-order valence-electron chi connectivity index (χ2n) is 6.30. The second-order valence-corrected chi connectivity index (χ2v) is 6.73. The Morgan fingerprint density at radius 2 is 2.00 bits per heavy atom. The van der Waals surface area contributed by atoms with E-state index in [2.05, 4.69) is 10.3 Å². The predicted octanol–water partition coefficient (Wildman–Crippen LogP) is 3.82. The topological polar surface area (TPSA) is 60.2 Å². The molecule has 0 bridgehead atoms. The fourth-order valence-corrected chi connectivity index (χ4v) is 2.86. The number of benzene rings is 2. The van der Waals surface area contributed by atoms with Crippen molar-refractivity contribution in [2.75, 3.05) is 14.2 Å². The molecule has 7 heteroatoms. The van der Waals surface area contributed by atoms with Gasteiger partial charge in [-0.3, -0.25) is 4.79 Å². The number of amides is 1. The molecule has 1 heterocycles. The van der Waals surface area contributed by atoms with Crippen LogP contribution in [0.1, 0.15) is 34.6 Å². The molecule has 27 heavy (non-hydrogen) atoms. The highest BCUT2D eigenvalue weighted by Gasteiger charge is 2.22. The molecule has 0 saturated heterocycles. The monoisotopic (exact) mass is 384 g/mol. The predicted molar refractivity (Wildman–Crippen MR) is 104 cm³/mol. The Morgan fingerprint density at radius 1 is 1.26 bits per heavy atom. The molecule has 0 aliphatic carbocycles. The molecule has 0 spiro atoms. The maximum atomic E-state index is 12.8. The van der Waals surface area contributed by atoms with Crippen LogP contribution in [0.5, 0.6) is 5.75 Å². The number of carbonyl (C=O) groups is 1. The summed E-state index contributed by atoms with van der Waals surface area (Å²) >= 11 is 5.90. The van der Waals surface area contributed by atoms with Crippen molar-refractivity contribution < 1.29 is 9.53 Å². The van der Waals surface area contributed by atoms with Crippen LogP contribution in [-0.2, 0) is 6.54 Å². The van der Waals surface area contributed by atoms with Gasteiger partial charge >= 0.3 is 0 Å². The van der Waals surface area contributed by atoms with Gasteiger partial charge < -0.3 is 9.64 Å². The lowest BCUT2D eigenvalue weighted by Crippen LogP contribution is -2.30. The van der Waals surface area contributed by atoms with Crippen molar-refractivity contribution in [2.45, 2.75) is 19.5 Å². The van der Waals surface area contributed by atoms with E-state index in [0.29, 0.717) is 17.3 Å². The fraction of sp³-hybridized carbons (Fsp3) is 0.250. The van der Waals surface area contributed by atoms with Gasteiger partial charge in [-0.05, 0) is 42.3 Å². The highest BCUT2D eigenvalue weighted by atomic mass is 35.5. The second kappa shape index (κ2) is 8.22. The minimum atomic E-state index is -0.187. The van der Waals surface area contributed by atoms with E-state index in [1.54, 1.807) is 29.9 Å².